The number of hydrogen-bond acceptors (Lipinski definition) is 5. The van der Waals surface area contributed by atoms with Crippen LogP contribution in [0.15, 0.2) is 45.9 Å². The number of carbonyl (C=O) groups is 2. The maximum atomic E-state index is 13.0. The molecular weight excluding hydrogens is 364 g/mol. The van der Waals surface area contributed by atoms with Crippen molar-refractivity contribution in [2.24, 2.45) is 5.73 Å². The molecule has 1 aromatic heterocycles. The topological polar surface area (TPSA) is 107 Å². The van der Waals surface area contributed by atoms with E-state index < -0.39 is 11.9 Å². The molecule has 3 rings (SSSR count). The number of benzene rings is 1. The molecule has 3 amide bonds. The second-order valence-electron chi connectivity index (χ2n) is 6.43. The van der Waals surface area contributed by atoms with E-state index in [1.54, 1.807) is 16.7 Å². The molecule has 1 aliphatic rings. The minimum Gasteiger partial charge on any atom is -0.351 e. The van der Waals surface area contributed by atoms with Crippen LogP contribution in [0.1, 0.15) is 32.1 Å². The molecule has 0 unspecified atom stereocenters. The quantitative estimate of drug-likeness (QED) is 0.451. The average molecular weight is 386 g/mol. The van der Waals surface area contributed by atoms with Crippen LogP contribution in [0.2, 0.25) is 0 Å². The molecular formula is C19H22N4O3S. The smallest absolute Gasteiger partial charge is 0.318 e. The number of urea groups is 1. The molecule has 0 fully saturated rings. The summed E-state index contributed by atoms with van der Waals surface area (Å²) in [6.07, 6.45) is 7.62. The summed E-state index contributed by atoms with van der Waals surface area (Å²) in [5.74, 6) is -0.562. The highest BCUT2D eigenvalue weighted by molar-refractivity contribution is 7.99. The Balaban J connectivity index is 1.86. The summed E-state index contributed by atoms with van der Waals surface area (Å²) < 4.78 is 1.62. The van der Waals surface area contributed by atoms with Gasteiger partial charge in [0.15, 0.2) is 5.16 Å². The number of amides is 3. The van der Waals surface area contributed by atoms with Crippen molar-refractivity contribution in [1.82, 2.24) is 14.9 Å². The number of fused-ring (bicyclic) bond motifs is 1. The molecule has 0 radical (unpaired) electrons. The van der Waals surface area contributed by atoms with Crippen LogP contribution in [0, 0.1) is 0 Å². The number of nitrogens with one attached hydrogen (secondary N) is 1. The Morgan fingerprint density at radius 1 is 1.26 bits per heavy atom. The number of thioether (sulfide) groups is 1. The summed E-state index contributed by atoms with van der Waals surface area (Å²) in [4.78, 5) is 40.1. The summed E-state index contributed by atoms with van der Waals surface area (Å²) >= 11 is 1.13. The number of nitrogens with zero attached hydrogens (tertiary/aromatic N) is 2. The SMILES string of the molecule is NC(=O)NC(=O)CSc1nc2ccccc2c(=O)n1CCC1=CCCCC1. The number of nitrogens with two attached hydrogens (primary N) is 1. The van der Waals surface area contributed by atoms with Gasteiger partial charge in [0.1, 0.15) is 0 Å². The zero-order valence-electron chi connectivity index (χ0n) is 14.9. The predicted octanol–water partition coefficient (Wildman–Crippen LogP) is 2.57. The monoisotopic (exact) mass is 386 g/mol. The van der Waals surface area contributed by atoms with Gasteiger partial charge in [-0.05, 0) is 44.2 Å². The first kappa shape index (κ1) is 19.2. The van der Waals surface area contributed by atoms with E-state index in [-0.39, 0.29) is 11.3 Å². The van der Waals surface area contributed by atoms with Crippen LogP contribution in [0.3, 0.4) is 0 Å². The average Bonchev–Trinajstić information content (AvgIpc) is 2.66. The molecule has 1 heterocycles. The van der Waals surface area contributed by atoms with Gasteiger partial charge in [-0.15, -0.1) is 0 Å². The van der Waals surface area contributed by atoms with Crippen LogP contribution in [0.25, 0.3) is 10.9 Å². The lowest BCUT2D eigenvalue weighted by Gasteiger charge is -2.16. The summed E-state index contributed by atoms with van der Waals surface area (Å²) in [5.41, 5.74) is 6.80. The van der Waals surface area contributed by atoms with E-state index in [2.05, 4.69) is 11.1 Å². The maximum Gasteiger partial charge on any atom is 0.318 e. The highest BCUT2D eigenvalue weighted by atomic mass is 32.2. The minimum absolute atomic E-state index is 0.0452. The fourth-order valence-electron chi connectivity index (χ4n) is 3.15. The molecule has 0 aliphatic heterocycles. The van der Waals surface area contributed by atoms with E-state index >= 15 is 0 Å². The number of aromatic nitrogens is 2. The van der Waals surface area contributed by atoms with E-state index in [1.807, 2.05) is 17.4 Å². The van der Waals surface area contributed by atoms with E-state index in [9.17, 15) is 14.4 Å². The van der Waals surface area contributed by atoms with Gasteiger partial charge in [0.2, 0.25) is 5.91 Å². The second-order valence-corrected chi connectivity index (χ2v) is 7.37. The first-order valence-corrected chi connectivity index (χ1v) is 9.93. The first-order chi connectivity index (χ1) is 13.0. The van der Waals surface area contributed by atoms with Gasteiger partial charge in [-0.25, -0.2) is 9.78 Å². The van der Waals surface area contributed by atoms with Gasteiger partial charge in [0, 0.05) is 6.54 Å². The molecule has 7 nitrogen and oxygen atoms in total. The van der Waals surface area contributed by atoms with Crippen molar-refractivity contribution in [1.29, 1.82) is 0 Å². The number of para-hydroxylation sites is 1. The molecule has 0 saturated heterocycles. The van der Waals surface area contributed by atoms with Gasteiger partial charge in [0.05, 0.1) is 16.7 Å². The summed E-state index contributed by atoms with van der Waals surface area (Å²) in [6.45, 7) is 0.516. The Kier molecular flexibility index (Phi) is 6.28. The Morgan fingerprint density at radius 2 is 2.07 bits per heavy atom. The highest BCUT2D eigenvalue weighted by Crippen LogP contribution is 2.22. The third kappa shape index (κ3) is 4.97. The summed E-state index contributed by atoms with van der Waals surface area (Å²) in [5, 5.41) is 3.05. The third-order valence-corrected chi connectivity index (χ3v) is 5.44. The number of rotatable bonds is 6. The molecule has 27 heavy (non-hydrogen) atoms. The van der Waals surface area contributed by atoms with Crippen LogP contribution < -0.4 is 16.6 Å². The molecule has 0 atom stereocenters. The van der Waals surface area contributed by atoms with Gasteiger partial charge in [-0.2, -0.15) is 0 Å². The van der Waals surface area contributed by atoms with Gasteiger partial charge >= 0.3 is 6.03 Å². The van der Waals surface area contributed by atoms with Gasteiger partial charge < -0.3 is 5.73 Å². The van der Waals surface area contributed by atoms with Crippen molar-refractivity contribution in [2.45, 2.75) is 43.8 Å². The Bertz CT molecular complexity index is 952. The molecule has 2 aromatic rings. The summed E-state index contributed by atoms with van der Waals surface area (Å²) in [7, 11) is 0. The molecule has 8 heteroatoms. The van der Waals surface area contributed by atoms with Gasteiger partial charge in [-0.1, -0.05) is 35.5 Å². The van der Waals surface area contributed by atoms with E-state index in [4.69, 9.17) is 5.73 Å². The van der Waals surface area contributed by atoms with Gasteiger partial charge in [-0.3, -0.25) is 19.5 Å². The number of allylic oxidation sites excluding steroid dienone is 2. The fraction of sp³-hybridized carbons (Fsp3) is 0.368. The predicted molar refractivity (Wildman–Crippen MR) is 106 cm³/mol. The van der Waals surface area contributed by atoms with Crippen molar-refractivity contribution in [2.75, 3.05) is 5.75 Å². The Hall–Kier alpha value is -2.61. The van der Waals surface area contributed by atoms with Crippen LogP contribution in [0.5, 0.6) is 0 Å². The molecule has 142 valence electrons. The number of imide groups is 1. The normalized spacial score (nSPS) is 14.0. The fourth-order valence-corrected chi connectivity index (χ4v) is 3.97. The standard InChI is InChI=1S/C19H22N4O3S/c20-18(26)22-16(24)12-27-19-21-15-9-5-4-8-14(15)17(25)23(19)11-10-13-6-2-1-3-7-13/h4-6,8-9H,1-3,7,10-12H2,(H3,20,22,24,26). The lowest BCUT2D eigenvalue weighted by atomic mass is 9.97. The molecule has 0 bridgehead atoms. The zero-order valence-corrected chi connectivity index (χ0v) is 15.8. The third-order valence-electron chi connectivity index (χ3n) is 4.46. The van der Waals surface area contributed by atoms with Crippen LogP contribution in [-0.4, -0.2) is 27.2 Å². The highest BCUT2D eigenvalue weighted by Gasteiger charge is 2.14. The van der Waals surface area contributed by atoms with Crippen LogP contribution in [-0.2, 0) is 11.3 Å². The van der Waals surface area contributed by atoms with Gasteiger partial charge in [0.25, 0.3) is 5.56 Å². The number of carbonyl (C=O) groups excluding carboxylic acids is 2. The zero-order chi connectivity index (χ0) is 19.2. The van der Waals surface area contributed by atoms with E-state index in [1.165, 1.54) is 18.4 Å². The van der Waals surface area contributed by atoms with Crippen molar-refractivity contribution < 1.29 is 9.59 Å². The van der Waals surface area contributed by atoms with Crippen molar-refractivity contribution in [3.63, 3.8) is 0 Å². The minimum atomic E-state index is -0.895. The number of hydrogen-bond donors (Lipinski definition) is 2. The van der Waals surface area contributed by atoms with Crippen molar-refractivity contribution in [3.05, 3.63) is 46.3 Å². The molecule has 1 aliphatic carbocycles. The maximum absolute atomic E-state index is 13.0. The van der Waals surface area contributed by atoms with E-state index in [0.717, 1.165) is 31.0 Å². The van der Waals surface area contributed by atoms with E-state index in [0.29, 0.717) is 22.6 Å². The molecule has 0 saturated carbocycles. The molecule has 1 aromatic carbocycles. The van der Waals surface area contributed by atoms with Crippen LogP contribution in [0.4, 0.5) is 4.79 Å². The Labute approximate surface area is 161 Å². The first-order valence-electron chi connectivity index (χ1n) is 8.94. The lowest BCUT2D eigenvalue weighted by Crippen LogP contribution is -2.36. The van der Waals surface area contributed by atoms with Crippen molar-refractivity contribution in [3.8, 4) is 0 Å². The Morgan fingerprint density at radius 3 is 2.81 bits per heavy atom. The second kappa shape index (κ2) is 8.85. The van der Waals surface area contributed by atoms with Crippen LogP contribution >= 0.6 is 11.8 Å². The molecule has 3 N–H and O–H groups in total. The summed E-state index contributed by atoms with van der Waals surface area (Å²) in [6, 6.07) is 6.27. The number of primary amides is 1. The molecule has 0 spiro atoms. The largest absolute Gasteiger partial charge is 0.351 e. The van der Waals surface area contributed by atoms with Crippen molar-refractivity contribution >= 4 is 34.6 Å². The lowest BCUT2D eigenvalue weighted by molar-refractivity contribution is -0.117.